The Morgan fingerprint density at radius 2 is 2.12 bits per heavy atom. The Morgan fingerprint density at radius 1 is 1.44 bits per heavy atom. The van der Waals surface area contributed by atoms with E-state index in [0.29, 0.717) is 29.4 Å². The maximum Gasteiger partial charge on any atom is 0.231 e. The molecule has 16 heavy (non-hydrogen) atoms. The van der Waals surface area contributed by atoms with Gasteiger partial charge in [-0.25, -0.2) is 0 Å². The third-order valence-electron chi connectivity index (χ3n) is 2.48. The molecule has 1 aromatic rings. The van der Waals surface area contributed by atoms with Crippen LogP contribution in [0.2, 0.25) is 0 Å². The van der Waals surface area contributed by atoms with E-state index in [1.165, 1.54) is 0 Å². The summed E-state index contributed by atoms with van der Waals surface area (Å²) in [7, 11) is 3.34. The van der Waals surface area contributed by atoms with E-state index in [1.54, 1.807) is 26.3 Å². The third kappa shape index (κ3) is 1.91. The molecule has 1 aromatic carbocycles. The normalized spacial score (nSPS) is 14.9. The van der Waals surface area contributed by atoms with E-state index >= 15 is 0 Å². The summed E-state index contributed by atoms with van der Waals surface area (Å²) in [4.78, 5) is 0. The highest BCUT2D eigenvalue weighted by Crippen LogP contribution is 2.40. The first-order valence-electron chi connectivity index (χ1n) is 5.06. The summed E-state index contributed by atoms with van der Waals surface area (Å²) in [5.41, 5.74) is 0.695. The van der Waals surface area contributed by atoms with Crippen molar-refractivity contribution in [1.29, 1.82) is 0 Å². The van der Waals surface area contributed by atoms with E-state index in [9.17, 15) is 5.11 Å². The summed E-state index contributed by atoms with van der Waals surface area (Å²) >= 11 is 0. The second-order valence-corrected chi connectivity index (χ2v) is 3.52. The van der Waals surface area contributed by atoms with Crippen LogP contribution in [-0.4, -0.2) is 32.6 Å². The van der Waals surface area contributed by atoms with Gasteiger partial charge in [0.1, 0.15) is 5.75 Å². The maximum absolute atomic E-state index is 9.92. The van der Waals surface area contributed by atoms with Crippen LogP contribution in [0.25, 0.3) is 0 Å². The van der Waals surface area contributed by atoms with Crippen LogP contribution < -0.4 is 19.5 Å². The minimum Gasteiger partial charge on any atom is -0.496 e. The monoisotopic (exact) mass is 225 g/mol. The number of hydrogen-bond acceptors (Lipinski definition) is 5. The Hall–Kier alpha value is -1.46. The van der Waals surface area contributed by atoms with E-state index in [2.05, 4.69) is 5.32 Å². The molecule has 0 aliphatic carbocycles. The van der Waals surface area contributed by atoms with Crippen molar-refractivity contribution in [3.63, 3.8) is 0 Å². The van der Waals surface area contributed by atoms with E-state index in [-0.39, 0.29) is 6.79 Å². The number of ether oxygens (including phenoxy) is 3. The molecule has 0 saturated heterocycles. The average molecular weight is 225 g/mol. The lowest BCUT2D eigenvalue weighted by Crippen LogP contribution is -2.17. The minimum atomic E-state index is -0.630. The molecule has 2 N–H and O–H groups in total. The molecule has 0 spiro atoms. The van der Waals surface area contributed by atoms with Gasteiger partial charge in [0.2, 0.25) is 6.79 Å². The number of fused-ring (bicyclic) bond motifs is 1. The third-order valence-corrected chi connectivity index (χ3v) is 2.48. The molecule has 2 rings (SSSR count). The van der Waals surface area contributed by atoms with E-state index in [1.807, 2.05) is 0 Å². The van der Waals surface area contributed by atoms with Gasteiger partial charge in [0, 0.05) is 18.2 Å². The number of likely N-dealkylation sites (N-methyl/N-ethyl adjacent to an activating group) is 1. The summed E-state index contributed by atoms with van der Waals surface area (Å²) in [6.45, 7) is 0.667. The maximum atomic E-state index is 9.92. The molecule has 0 saturated carbocycles. The Bertz CT molecular complexity index is 380. The van der Waals surface area contributed by atoms with Crippen LogP contribution in [0.1, 0.15) is 11.7 Å². The molecule has 0 aromatic heterocycles. The highest BCUT2D eigenvalue weighted by molar-refractivity contribution is 5.52. The highest BCUT2D eigenvalue weighted by atomic mass is 16.7. The molecule has 0 fully saturated rings. The number of aliphatic hydroxyl groups is 1. The van der Waals surface area contributed by atoms with Gasteiger partial charge >= 0.3 is 0 Å². The molecular formula is C11H15NO4. The van der Waals surface area contributed by atoms with Crippen LogP contribution in [0.5, 0.6) is 17.2 Å². The molecule has 1 heterocycles. The second kappa shape index (κ2) is 4.59. The topological polar surface area (TPSA) is 60.0 Å². The first-order chi connectivity index (χ1) is 7.76. The van der Waals surface area contributed by atoms with Crippen molar-refractivity contribution < 1.29 is 19.3 Å². The van der Waals surface area contributed by atoms with Crippen molar-refractivity contribution in [3.05, 3.63) is 17.7 Å². The molecule has 1 aliphatic rings. The van der Waals surface area contributed by atoms with Crippen LogP contribution in [0.15, 0.2) is 12.1 Å². The van der Waals surface area contributed by atoms with Crippen LogP contribution in [-0.2, 0) is 0 Å². The summed E-state index contributed by atoms with van der Waals surface area (Å²) in [5.74, 6) is 1.90. The van der Waals surface area contributed by atoms with Crippen molar-refractivity contribution in [1.82, 2.24) is 5.32 Å². The molecule has 1 unspecified atom stereocenters. The summed E-state index contributed by atoms with van der Waals surface area (Å²) in [6.07, 6.45) is -0.630. The zero-order valence-corrected chi connectivity index (χ0v) is 9.32. The number of methoxy groups -OCH3 is 1. The van der Waals surface area contributed by atoms with E-state index in [4.69, 9.17) is 14.2 Å². The molecule has 1 aliphatic heterocycles. The van der Waals surface area contributed by atoms with Gasteiger partial charge in [0.25, 0.3) is 0 Å². The smallest absolute Gasteiger partial charge is 0.231 e. The number of benzene rings is 1. The Balaban J connectivity index is 2.35. The fourth-order valence-corrected chi connectivity index (χ4v) is 1.68. The zero-order valence-electron chi connectivity index (χ0n) is 9.32. The SMILES string of the molecule is CNCC(O)c1cc2c(cc1OC)OCO2. The van der Waals surface area contributed by atoms with Crippen molar-refractivity contribution >= 4 is 0 Å². The Labute approximate surface area is 93.9 Å². The molecule has 0 amide bonds. The molecule has 0 bridgehead atoms. The van der Waals surface area contributed by atoms with Gasteiger partial charge in [-0.3, -0.25) is 0 Å². The molecule has 0 radical (unpaired) electrons. The Kier molecular flexibility index (Phi) is 3.17. The fraction of sp³-hybridized carbons (Fsp3) is 0.455. The minimum absolute atomic E-state index is 0.212. The van der Waals surface area contributed by atoms with Gasteiger partial charge in [-0.1, -0.05) is 0 Å². The molecule has 1 atom stereocenters. The van der Waals surface area contributed by atoms with Crippen LogP contribution in [0.4, 0.5) is 0 Å². The number of hydrogen-bond donors (Lipinski definition) is 2. The van der Waals surface area contributed by atoms with Gasteiger partial charge < -0.3 is 24.6 Å². The Morgan fingerprint density at radius 3 is 2.75 bits per heavy atom. The van der Waals surface area contributed by atoms with Crippen molar-refractivity contribution in [3.8, 4) is 17.2 Å². The lowest BCUT2D eigenvalue weighted by Gasteiger charge is -2.15. The summed E-state index contributed by atoms with van der Waals surface area (Å²) in [5, 5.41) is 12.8. The van der Waals surface area contributed by atoms with E-state index < -0.39 is 6.10 Å². The van der Waals surface area contributed by atoms with Gasteiger partial charge in [0.15, 0.2) is 11.5 Å². The van der Waals surface area contributed by atoms with Gasteiger partial charge in [-0.15, -0.1) is 0 Å². The van der Waals surface area contributed by atoms with Crippen molar-refractivity contribution in [2.24, 2.45) is 0 Å². The van der Waals surface area contributed by atoms with Crippen molar-refractivity contribution in [2.75, 3.05) is 27.5 Å². The lowest BCUT2D eigenvalue weighted by molar-refractivity contribution is 0.170. The first kappa shape index (κ1) is 11.0. The average Bonchev–Trinajstić information content (AvgIpc) is 2.74. The lowest BCUT2D eigenvalue weighted by atomic mass is 10.1. The predicted molar refractivity (Wildman–Crippen MR) is 58.0 cm³/mol. The zero-order chi connectivity index (χ0) is 11.5. The molecule has 5 heteroatoms. The fourth-order valence-electron chi connectivity index (χ4n) is 1.68. The molecular weight excluding hydrogens is 210 g/mol. The summed E-state index contributed by atoms with van der Waals surface area (Å²) < 4.78 is 15.7. The first-order valence-corrected chi connectivity index (χ1v) is 5.06. The number of rotatable bonds is 4. The predicted octanol–water partition coefficient (Wildman–Crippen LogP) is 0.677. The summed E-state index contributed by atoms with van der Waals surface area (Å²) in [6, 6.07) is 3.49. The van der Waals surface area contributed by atoms with Gasteiger partial charge in [0.05, 0.1) is 13.2 Å². The van der Waals surface area contributed by atoms with Crippen LogP contribution >= 0.6 is 0 Å². The van der Waals surface area contributed by atoms with Gasteiger partial charge in [-0.2, -0.15) is 0 Å². The molecule has 88 valence electrons. The largest absolute Gasteiger partial charge is 0.496 e. The van der Waals surface area contributed by atoms with Crippen LogP contribution in [0.3, 0.4) is 0 Å². The van der Waals surface area contributed by atoms with Crippen molar-refractivity contribution in [2.45, 2.75) is 6.10 Å². The standard InChI is InChI=1S/C11H15NO4/c1-12-5-8(13)7-3-10-11(16-6-15-10)4-9(7)14-2/h3-4,8,12-13H,5-6H2,1-2H3. The highest BCUT2D eigenvalue weighted by Gasteiger charge is 2.21. The second-order valence-electron chi connectivity index (χ2n) is 3.52. The number of nitrogens with one attached hydrogen (secondary N) is 1. The molecule has 5 nitrogen and oxygen atoms in total. The van der Waals surface area contributed by atoms with Gasteiger partial charge in [-0.05, 0) is 13.1 Å². The number of aliphatic hydroxyl groups excluding tert-OH is 1. The van der Waals surface area contributed by atoms with Crippen LogP contribution in [0, 0.1) is 0 Å². The van der Waals surface area contributed by atoms with E-state index in [0.717, 1.165) is 0 Å². The quantitative estimate of drug-likeness (QED) is 0.789.